The van der Waals surface area contributed by atoms with Crippen molar-refractivity contribution in [3.63, 3.8) is 0 Å². The molecular weight excluding hydrogens is 1000 g/mol. The predicted octanol–water partition coefficient (Wildman–Crippen LogP) is 11.5. The highest BCUT2D eigenvalue weighted by Gasteiger charge is 2.47. The van der Waals surface area contributed by atoms with Crippen molar-refractivity contribution in [2.45, 2.75) is 261 Å². The first-order valence-corrected chi connectivity index (χ1v) is 30.5. The number of carbonyl (C=O) groups is 1. The van der Waals surface area contributed by atoms with Crippen molar-refractivity contribution in [2.75, 3.05) is 33.0 Å². The van der Waals surface area contributed by atoms with Crippen LogP contribution in [-0.2, 0) is 33.2 Å². The van der Waals surface area contributed by atoms with Crippen LogP contribution in [0, 0.1) is 0 Å². The first kappa shape index (κ1) is 71.8. The van der Waals surface area contributed by atoms with Gasteiger partial charge in [0.2, 0.25) is 0 Å². The number of ether oxygens (including phenoxy) is 6. The van der Waals surface area contributed by atoms with Gasteiger partial charge in [0.1, 0.15) is 54.9 Å². The average Bonchev–Trinajstić information content (AvgIpc) is 3.46. The Morgan fingerprint density at radius 3 is 1.23 bits per heavy atom. The van der Waals surface area contributed by atoms with Crippen LogP contribution in [0.15, 0.2) is 109 Å². The summed E-state index contributed by atoms with van der Waals surface area (Å²) in [6.07, 6.45) is 52.9. The van der Waals surface area contributed by atoms with Crippen LogP contribution in [0.4, 0.5) is 0 Å². The lowest BCUT2D eigenvalue weighted by atomic mass is 9.98. The Morgan fingerprint density at radius 1 is 0.418 bits per heavy atom. The van der Waals surface area contributed by atoms with Crippen molar-refractivity contribution >= 4 is 5.97 Å². The second-order valence-corrected chi connectivity index (χ2v) is 20.8. The van der Waals surface area contributed by atoms with Gasteiger partial charge in [-0.1, -0.05) is 200 Å². The van der Waals surface area contributed by atoms with Gasteiger partial charge < -0.3 is 64.2 Å². The van der Waals surface area contributed by atoms with Crippen molar-refractivity contribution in [3.8, 4) is 0 Å². The Kier molecular flexibility index (Phi) is 45.8. The van der Waals surface area contributed by atoms with E-state index in [1.807, 2.05) is 0 Å². The predicted molar refractivity (Wildman–Crippen MR) is 316 cm³/mol. The first-order chi connectivity index (χ1) is 38.6. The molecule has 0 bridgehead atoms. The summed E-state index contributed by atoms with van der Waals surface area (Å²) in [5, 5.41) is 72.4. The van der Waals surface area contributed by atoms with E-state index in [1.165, 1.54) is 70.6 Å². The van der Waals surface area contributed by atoms with Gasteiger partial charge in [0.05, 0.1) is 26.4 Å². The molecule has 0 aliphatic carbocycles. The molecule has 7 N–H and O–H groups in total. The maximum absolute atomic E-state index is 13.1. The minimum absolute atomic E-state index is 0.0404. The summed E-state index contributed by atoms with van der Waals surface area (Å²) in [7, 11) is 0. The number of aliphatic hydroxyl groups is 7. The molecule has 0 spiro atoms. The maximum Gasteiger partial charge on any atom is 0.306 e. The Bertz CT molecular complexity index is 1720. The fourth-order valence-electron chi connectivity index (χ4n) is 8.95. The lowest BCUT2D eigenvalue weighted by molar-refractivity contribution is -0.332. The molecule has 11 atom stereocenters. The van der Waals surface area contributed by atoms with Crippen LogP contribution >= 0.6 is 0 Å². The Morgan fingerprint density at radius 2 is 0.785 bits per heavy atom. The average molecular weight is 1110 g/mol. The Hall–Kier alpha value is -3.35. The molecule has 2 fully saturated rings. The van der Waals surface area contributed by atoms with Gasteiger partial charge >= 0.3 is 5.97 Å². The zero-order valence-electron chi connectivity index (χ0n) is 48.6. The lowest BCUT2D eigenvalue weighted by Gasteiger charge is -2.42. The summed E-state index contributed by atoms with van der Waals surface area (Å²) in [5.41, 5.74) is 0. The van der Waals surface area contributed by atoms with Crippen molar-refractivity contribution in [3.05, 3.63) is 109 Å². The van der Waals surface area contributed by atoms with Crippen LogP contribution in [0.1, 0.15) is 194 Å². The third-order valence-electron chi connectivity index (χ3n) is 13.8. The molecule has 14 heteroatoms. The third kappa shape index (κ3) is 36.7. The highest BCUT2D eigenvalue weighted by atomic mass is 16.7. The number of hydrogen-bond acceptors (Lipinski definition) is 14. The van der Waals surface area contributed by atoms with E-state index in [2.05, 4.69) is 123 Å². The number of hydrogen-bond donors (Lipinski definition) is 7. The standard InChI is InChI=1S/C65H108O14/c1-3-5-7-9-11-13-15-17-19-21-23-24-25-26-27-28-29-31-33-35-37-39-41-43-45-47-49-74-51-54(77-57(67)48-46-44-42-40-38-36-34-32-30-22-20-18-16-14-12-10-8-6-4-2)52-75-64-63(73)61(71)59(69)56(79-64)53-76-65-62(72)60(70)58(68)55(50-66)78-65/h5-8,11-14,17-20,23-24,30,32,36,38,54-56,58-66,68-73H,3-4,9-10,15-16,21-22,25-29,31,33-35,37,39-53H2,1-2H3/b7-5-,8-6-,13-11-,14-12-,19-17-,20-18-,24-23-,32-30-,38-36-. The zero-order valence-corrected chi connectivity index (χ0v) is 48.6. The molecule has 0 radical (unpaired) electrons. The van der Waals surface area contributed by atoms with E-state index in [0.717, 1.165) is 96.3 Å². The summed E-state index contributed by atoms with van der Waals surface area (Å²) in [4.78, 5) is 13.1. The minimum atomic E-state index is -1.72. The van der Waals surface area contributed by atoms with Crippen LogP contribution < -0.4 is 0 Å². The van der Waals surface area contributed by atoms with Crippen molar-refractivity contribution in [1.29, 1.82) is 0 Å². The topological polar surface area (TPSA) is 214 Å². The molecule has 0 saturated carbocycles. The number of allylic oxidation sites excluding steroid dienone is 18. The van der Waals surface area contributed by atoms with Crippen LogP contribution in [-0.4, -0.2) is 142 Å². The molecular formula is C65H108O14. The summed E-state index contributed by atoms with van der Waals surface area (Å²) in [6, 6.07) is 0. The molecule has 2 rings (SSSR count). The Labute approximate surface area is 476 Å². The van der Waals surface area contributed by atoms with Gasteiger partial charge in [-0.2, -0.15) is 0 Å². The van der Waals surface area contributed by atoms with E-state index in [1.54, 1.807) is 0 Å². The second-order valence-electron chi connectivity index (χ2n) is 20.8. The van der Waals surface area contributed by atoms with Crippen molar-refractivity contribution in [2.24, 2.45) is 0 Å². The number of rotatable bonds is 48. The third-order valence-corrected chi connectivity index (χ3v) is 13.8. The van der Waals surface area contributed by atoms with Gasteiger partial charge in [-0.05, 0) is 96.3 Å². The first-order valence-electron chi connectivity index (χ1n) is 30.5. The summed E-state index contributed by atoms with van der Waals surface area (Å²) >= 11 is 0. The highest BCUT2D eigenvalue weighted by Crippen LogP contribution is 2.26. The van der Waals surface area contributed by atoms with Gasteiger partial charge in [0.25, 0.3) is 0 Å². The van der Waals surface area contributed by atoms with E-state index >= 15 is 0 Å². The molecule has 0 aromatic carbocycles. The normalized spacial score (nSPS) is 24.8. The van der Waals surface area contributed by atoms with E-state index in [4.69, 9.17) is 28.4 Å². The maximum atomic E-state index is 13.1. The molecule has 2 aliphatic rings. The number of aliphatic hydroxyl groups excluding tert-OH is 7. The SMILES string of the molecule is CC/C=C\C/C=C\C/C=C\C/C=C\C/C=C\CCCCCC(=O)OC(COCCCCCCCCCCCCCCC/C=C\C/C=C\C/C=C\C/C=C\CC)COC1OC(COC2OC(CO)C(O)C(O)C2O)C(O)C(O)C1O. The van der Waals surface area contributed by atoms with Gasteiger partial charge in [0.15, 0.2) is 12.6 Å². The molecule has 452 valence electrons. The van der Waals surface area contributed by atoms with Gasteiger partial charge in [-0.15, -0.1) is 0 Å². The second kappa shape index (κ2) is 50.4. The summed E-state index contributed by atoms with van der Waals surface area (Å²) < 4.78 is 34.4. The molecule has 11 unspecified atom stereocenters. The van der Waals surface area contributed by atoms with Crippen molar-refractivity contribution < 1.29 is 69.0 Å². The molecule has 0 aromatic rings. The number of unbranched alkanes of at least 4 members (excludes halogenated alkanes) is 16. The molecule has 2 saturated heterocycles. The monoisotopic (exact) mass is 1110 g/mol. The van der Waals surface area contributed by atoms with E-state index in [0.29, 0.717) is 13.0 Å². The van der Waals surface area contributed by atoms with Gasteiger partial charge in [0, 0.05) is 13.0 Å². The molecule has 0 amide bonds. The fourth-order valence-corrected chi connectivity index (χ4v) is 8.95. The largest absolute Gasteiger partial charge is 0.457 e. The molecule has 14 nitrogen and oxygen atoms in total. The van der Waals surface area contributed by atoms with Crippen LogP contribution in [0.5, 0.6) is 0 Å². The van der Waals surface area contributed by atoms with Crippen LogP contribution in [0.25, 0.3) is 0 Å². The molecule has 2 aliphatic heterocycles. The van der Waals surface area contributed by atoms with E-state index in [9.17, 15) is 40.5 Å². The molecule has 79 heavy (non-hydrogen) atoms. The number of esters is 1. The molecule has 0 aromatic heterocycles. The van der Waals surface area contributed by atoms with Crippen LogP contribution in [0.2, 0.25) is 0 Å². The quantitative estimate of drug-likeness (QED) is 0.0172. The van der Waals surface area contributed by atoms with Crippen molar-refractivity contribution in [1.82, 2.24) is 0 Å². The van der Waals surface area contributed by atoms with Gasteiger partial charge in [-0.25, -0.2) is 0 Å². The van der Waals surface area contributed by atoms with Crippen LogP contribution in [0.3, 0.4) is 0 Å². The zero-order chi connectivity index (χ0) is 57.2. The number of carbonyl (C=O) groups excluding carboxylic acids is 1. The van der Waals surface area contributed by atoms with E-state index < -0.39 is 86.7 Å². The van der Waals surface area contributed by atoms with Gasteiger partial charge in [-0.3, -0.25) is 4.79 Å². The minimum Gasteiger partial charge on any atom is -0.457 e. The Balaban J connectivity index is 1.70. The molecule has 2 heterocycles. The lowest BCUT2D eigenvalue weighted by Crippen LogP contribution is -2.61. The summed E-state index contributed by atoms with van der Waals surface area (Å²) in [6.45, 7) is 3.41. The smallest absolute Gasteiger partial charge is 0.306 e. The highest BCUT2D eigenvalue weighted by molar-refractivity contribution is 5.69. The summed E-state index contributed by atoms with van der Waals surface area (Å²) in [5.74, 6) is -0.410. The van der Waals surface area contributed by atoms with E-state index in [-0.39, 0.29) is 19.6 Å². The fraction of sp³-hybridized carbons (Fsp3) is 0.708.